The maximum Gasteiger partial charge on any atom is 0.240 e. The van der Waals surface area contributed by atoms with Gasteiger partial charge in [0, 0.05) is 6.04 Å². The molecule has 2 bridgehead atoms. The molecule has 3 aliphatic carbocycles. The van der Waals surface area contributed by atoms with E-state index in [1.165, 1.54) is 11.3 Å². The van der Waals surface area contributed by atoms with E-state index in [0.717, 1.165) is 44.9 Å². The Kier molecular flexibility index (Phi) is 3.46. The summed E-state index contributed by atoms with van der Waals surface area (Å²) in [7, 11) is 0. The van der Waals surface area contributed by atoms with Gasteiger partial charge in [-0.1, -0.05) is 19.3 Å². The van der Waals surface area contributed by atoms with Gasteiger partial charge in [0.2, 0.25) is 17.7 Å². The number of hydrogen-bond donors (Lipinski definition) is 1. The van der Waals surface area contributed by atoms with E-state index in [-0.39, 0.29) is 42.1 Å². The third-order valence-corrected chi connectivity index (χ3v) is 6.29. The number of carbonyl (C=O) groups excluding carboxylic acids is 3. The molecule has 5 nitrogen and oxygen atoms in total. The summed E-state index contributed by atoms with van der Waals surface area (Å²) < 4.78 is 0. The predicted molar refractivity (Wildman–Crippen MR) is 79.5 cm³/mol. The van der Waals surface area contributed by atoms with Crippen LogP contribution in [0.1, 0.15) is 51.4 Å². The normalized spacial score (nSPS) is 37.7. The smallest absolute Gasteiger partial charge is 0.240 e. The Bertz CT molecular complexity index is 484. The van der Waals surface area contributed by atoms with Crippen LogP contribution in [0.4, 0.5) is 0 Å². The van der Waals surface area contributed by atoms with Gasteiger partial charge in [-0.05, 0) is 43.9 Å². The van der Waals surface area contributed by atoms with Gasteiger partial charge in [-0.15, -0.1) is 0 Å². The molecule has 0 aromatic carbocycles. The van der Waals surface area contributed by atoms with Crippen LogP contribution in [0, 0.1) is 23.7 Å². The van der Waals surface area contributed by atoms with Gasteiger partial charge >= 0.3 is 0 Å². The minimum atomic E-state index is -0.166. The number of nitrogens with one attached hydrogen (secondary N) is 1. The lowest BCUT2D eigenvalue weighted by Crippen LogP contribution is -2.45. The van der Waals surface area contributed by atoms with Gasteiger partial charge in [-0.25, -0.2) is 0 Å². The van der Waals surface area contributed by atoms with Crippen LogP contribution in [-0.4, -0.2) is 35.2 Å². The average molecular weight is 304 g/mol. The zero-order valence-corrected chi connectivity index (χ0v) is 12.9. The Balaban J connectivity index is 1.39. The summed E-state index contributed by atoms with van der Waals surface area (Å²) in [4.78, 5) is 38.5. The maximum atomic E-state index is 12.5. The number of hydrogen-bond acceptors (Lipinski definition) is 3. The summed E-state index contributed by atoms with van der Waals surface area (Å²) in [6.45, 7) is -0.0688. The van der Waals surface area contributed by atoms with Crippen LogP contribution in [0.15, 0.2) is 0 Å². The summed E-state index contributed by atoms with van der Waals surface area (Å²) in [5.74, 6) is 0.209. The lowest BCUT2D eigenvalue weighted by molar-refractivity contribution is -0.144. The van der Waals surface area contributed by atoms with Crippen molar-refractivity contribution in [2.24, 2.45) is 23.7 Å². The molecule has 0 unspecified atom stereocenters. The fourth-order valence-electron chi connectivity index (χ4n) is 5.29. The first kappa shape index (κ1) is 14.2. The van der Waals surface area contributed by atoms with Gasteiger partial charge in [0.1, 0.15) is 6.54 Å². The van der Waals surface area contributed by atoms with E-state index < -0.39 is 0 Å². The highest BCUT2D eigenvalue weighted by atomic mass is 16.2. The van der Waals surface area contributed by atoms with Crippen LogP contribution in [0.25, 0.3) is 0 Å². The second-order valence-corrected chi connectivity index (χ2v) is 7.55. The Morgan fingerprint density at radius 3 is 2.14 bits per heavy atom. The molecule has 120 valence electrons. The minimum absolute atomic E-state index is 0.0688. The molecule has 1 N–H and O–H groups in total. The van der Waals surface area contributed by atoms with E-state index in [4.69, 9.17) is 0 Å². The molecule has 4 atom stereocenters. The van der Waals surface area contributed by atoms with Crippen molar-refractivity contribution in [3.63, 3.8) is 0 Å². The third-order valence-electron chi connectivity index (χ3n) is 6.29. The van der Waals surface area contributed by atoms with Crippen molar-refractivity contribution in [1.29, 1.82) is 0 Å². The Morgan fingerprint density at radius 2 is 1.55 bits per heavy atom. The molecule has 5 heteroatoms. The molecule has 3 saturated carbocycles. The monoisotopic (exact) mass is 304 g/mol. The largest absolute Gasteiger partial charge is 0.352 e. The molecule has 4 aliphatic rings. The van der Waals surface area contributed by atoms with Gasteiger partial charge in [0.25, 0.3) is 0 Å². The summed E-state index contributed by atoms with van der Waals surface area (Å²) in [6.07, 6.45) is 8.77. The van der Waals surface area contributed by atoms with Crippen molar-refractivity contribution in [1.82, 2.24) is 10.2 Å². The van der Waals surface area contributed by atoms with Crippen molar-refractivity contribution >= 4 is 17.7 Å². The lowest BCUT2D eigenvalue weighted by Gasteiger charge is -2.24. The number of rotatable bonds is 3. The highest BCUT2D eigenvalue weighted by Crippen LogP contribution is 2.55. The summed E-state index contributed by atoms with van der Waals surface area (Å²) in [5.41, 5.74) is 0. The molecular formula is C17H24N2O3. The lowest BCUT2D eigenvalue weighted by atomic mass is 9.81. The molecule has 22 heavy (non-hydrogen) atoms. The molecule has 0 spiro atoms. The minimum Gasteiger partial charge on any atom is -0.352 e. The average Bonchev–Trinajstić information content (AvgIpc) is 3.18. The SMILES string of the molecule is O=C(CN1C(=O)[C@H]2[C@H]3CC[C@@H](C3)[C@@H]2C1=O)NC1CCCCC1. The molecule has 0 radical (unpaired) electrons. The molecule has 4 rings (SSSR count). The standard InChI is InChI=1S/C17H24N2O3/c20-13(18-12-4-2-1-3-5-12)9-19-16(21)14-10-6-7-11(8-10)15(14)17(19)22/h10-12,14-15H,1-9H2,(H,18,20)/t10-,11-,14-,15-/m0/s1. The van der Waals surface area contributed by atoms with Gasteiger partial charge in [-0.3, -0.25) is 19.3 Å². The van der Waals surface area contributed by atoms with Crippen LogP contribution in [0.3, 0.4) is 0 Å². The van der Waals surface area contributed by atoms with Gasteiger partial charge < -0.3 is 5.32 Å². The van der Waals surface area contributed by atoms with Crippen molar-refractivity contribution < 1.29 is 14.4 Å². The molecular weight excluding hydrogens is 280 g/mol. The zero-order valence-electron chi connectivity index (χ0n) is 12.9. The number of carbonyl (C=O) groups is 3. The zero-order chi connectivity index (χ0) is 15.3. The Morgan fingerprint density at radius 1 is 0.955 bits per heavy atom. The van der Waals surface area contributed by atoms with E-state index in [9.17, 15) is 14.4 Å². The third kappa shape index (κ3) is 2.17. The molecule has 1 saturated heterocycles. The quantitative estimate of drug-likeness (QED) is 0.803. The molecule has 0 aromatic heterocycles. The first-order chi connectivity index (χ1) is 10.6. The molecule has 4 fully saturated rings. The van der Waals surface area contributed by atoms with Gasteiger partial charge in [-0.2, -0.15) is 0 Å². The number of imide groups is 1. The second-order valence-electron chi connectivity index (χ2n) is 7.55. The van der Waals surface area contributed by atoms with Crippen LogP contribution >= 0.6 is 0 Å². The van der Waals surface area contributed by atoms with Crippen LogP contribution in [0.5, 0.6) is 0 Å². The van der Waals surface area contributed by atoms with E-state index in [0.29, 0.717) is 11.8 Å². The van der Waals surface area contributed by atoms with Crippen LogP contribution in [0.2, 0.25) is 0 Å². The summed E-state index contributed by atoms with van der Waals surface area (Å²) in [5, 5.41) is 3.01. The van der Waals surface area contributed by atoms with Gasteiger partial charge in [0.05, 0.1) is 11.8 Å². The predicted octanol–water partition coefficient (Wildman–Crippen LogP) is 1.47. The highest BCUT2D eigenvalue weighted by Gasteiger charge is 2.60. The number of amides is 3. The van der Waals surface area contributed by atoms with Crippen LogP contribution < -0.4 is 5.32 Å². The topological polar surface area (TPSA) is 66.5 Å². The molecule has 1 aliphatic heterocycles. The van der Waals surface area contributed by atoms with Gasteiger partial charge in [0.15, 0.2) is 0 Å². The van der Waals surface area contributed by atoms with E-state index in [1.807, 2.05) is 0 Å². The number of fused-ring (bicyclic) bond motifs is 5. The van der Waals surface area contributed by atoms with Crippen LogP contribution in [-0.2, 0) is 14.4 Å². The van der Waals surface area contributed by atoms with E-state index in [1.54, 1.807) is 0 Å². The molecule has 0 aromatic rings. The van der Waals surface area contributed by atoms with Crippen molar-refractivity contribution in [3.05, 3.63) is 0 Å². The second kappa shape index (κ2) is 5.36. The number of nitrogens with zero attached hydrogens (tertiary/aromatic N) is 1. The fraction of sp³-hybridized carbons (Fsp3) is 0.824. The highest BCUT2D eigenvalue weighted by molar-refractivity contribution is 6.08. The summed E-state index contributed by atoms with van der Waals surface area (Å²) >= 11 is 0. The van der Waals surface area contributed by atoms with E-state index in [2.05, 4.69) is 5.32 Å². The first-order valence-electron chi connectivity index (χ1n) is 8.79. The van der Waals surface area contributed by atoms with Crippen molar-refractivity contribution in [3.8, 4) is 0 Å². The first-order valence-corrected chi connectivity index (χ1v) is 8.79. The Hall–Kier alpha value is -1.39. The number of likely N-dealkylation sites (tertiary alicyclic amines) is 1. The van der Waals surface area contributed by atoms with Crippen molar-refractivity contribution in [2.75, 3.05) is 6.54 Å². The molecule has 3 amide bonds. The van der Waals surface area contributed by atoms with E-state index >= 15 is 0 Å². The maximum absolute atomic E-state index is 12.5. The summed E-state index contributed by atoms with van der Waals surface area (Å²) in [6, 6.07) is 0.227. The Labute approximate surface area is 130 Å². The van der Waals surface area contributed by atoms with Crippen molar-refractivity contribution in [2.45, 2.75) is 57.4 Å². The molecule has 1 heterocycles. The fourth-order valence-corrected chi connectivity index (χ4v) is 5.29.